The molecule has 0 unspecified atom stereocenters. The van der Waals surface area contributed by atoms with Crippen LogP contribution < -0.4 is 10.6 Å². The summed E-state index contributed by atoms with van der Waals surface area (Å²) in [5, 5.41) is 13.9. The summed E-state index contributed by atoms with van der Waals surface area (Å²) in [4.78, 5) is 14.0. The van der Waals surface area contributed by atoms with Gasteiger partial charge in [-0.3, -0.25) is 4.79 Å². The summed E-state index contributed by atoms with van der Waals surface area (Å²) in [7, 11) is 4.09. The van der Waals surface area contributed by atoms with Crippen LogP contribution in [0.25, 0.3) is 0 Å². The molecule has 112 valence electrons. The largest absolute Gasteiger partial charge is 0.369 e. The second-order valence-electron chi connectivity index (χ2n) is 5.00. The summed E-state index contributed by atoms with van der Waals surface area (Å²) in [6.45, 7) is 4.64. The Balaban J connectivity index is 2.29. The number of carbonyl (C=O) groups is 1. The van der Waals surface area contributed by atoms with Crippen LogP contribution in [0.2, 0.25) is 0 Å². The van der Waals surface area contributed by atoms with E-state index in [1.54, 1.807) is 12.1 Å². The second-order valence-corrected chi connectivity index (χ2v) is 5.00. The highest BCUT2D eigenvalue weighted by Gasteiger charge is 2.07. The lowest BCUT2D eigenvalue weighted by molar-refractivity contribution is 0.0947. The highest BCUT2D eigenvalue weighted by atomic mass is 16.1. The van der Waals surface area contributed by atoms with Crippen molar-refractivity contribution in [1.82, 2.24) is 20.4 Å². The summed E-state index contributed by atoms with van der Waals surface area (Å²) in [6, 6.07) is 3.48. The van der Waals surface area contributed by atoms with Crippen molar-refractivity contribution in [3.8, 4) is 0 Å². The number of hydrogen-bond acceptors (Lipinski definition) is 5. The second kappa shape index (κ2) is 9.25. The molecule has 0 saturated heterocycles. The monoisotopic (exact) mass is 279 g/mol. The van der Waals surface area contributed by atoms with E-state index < -0.39 is 0 Å². The van der Waals surface area contributed by atoms with E-state index >= 15 is 0 Å². The first kappa shape index (κ1) is 16.4. The van der Waals surface area contributed by atoms with Crippen molar-refractivity contribution >= 4 is 11.7 Å². The summed E-state index contributed by atoms with van der Waals surface area (Å²) in [6.07, 6.45) is 3.06. The predicted molar refractivity (Wildman–Crippen MR) is 80.9 cm³/mol. The number of hydrogen-bond donors (Lipinski definition) is 2. The van der Waals surface area contributed by atoms with E-state index in [-0.39, 0.29) is 5.91 Å². The van der Waals surface area contributed by atoms with Gasteiger partial charge in [-0.2, -0.15) is 0 Å². The summed E-state index contributed by atoms with van der Waals surface area (Å²) >= 11 is 0. The molecular formula is C14H25N5O. The van der Waals surface area contributed by atoms with Crippen LogP contribution in [-0.2, 0) is 0 Å². The van der Waals surface area contributed by atoms with Crippen molar-refractivity contribution in [2.75, 3.05) is 39.0 Å². The molecule has 0 saturated carbocycles. The molecule has 1 heterocycles. The molecule has 1 aromatic rings. The van der Waals surface area contributed by atoms with Crippen LogP contribution in [0.5, 0.6) is 0 Å². The number of rotatable bonds is 9. The number of nitrogens with zero attached hydrogens (tertiary/aromatic N) is 3. The fraction of sp³-hybridized carbons (Fsp3) is 0.643. The fourth-order valence-electron chi connectivity index (χ4n) is 1.65. The van der Waals surface area contributed by atoms with Gasteiger partial charge in [0.2, 0.25) is 0 Å². The van der Waals surface area contributed by atoms with Crippen molar-refractivity contribution < 1.29 is 4.79 Å². The van der Waals surface area contributed by atoms with Crippen LogP contribution in [0.4, 0.5) is 5.82 Å². The number of nitrogens with one attached hydrogen (secondary N) is 2. The number of amides is 1. The van der Waals surface area contributed by atoms with Gasteiger partial charge in [0.05, 0.1) is 0 Å². The van der Waals surface area contributed by atoms with Gasteiger partial charge in [-0.05, 0) is 52.0 Å². The van der Waals surface area contributed by atoms with E-state index in [2.05, 4.69) is 32.7 Å². The summed E-state index contributed by atoms with van der Waals surface area (Å²) in [5.74, 6) is 0.541. The average Bonchev–Trinajstić information content (AvgIpc) is 2.44. The lowest BCUT2D eigenvalue weighted by Crippen LogP contribution is -2.26. The molecule has 6 heteroatoms. The summed E-state index contributed by atoms with van der Waals surface area (Å²) < 4.78 is 0. The Morgan fingerprint density at radius 1 is 1.20 bits per heavy atom. The van der Waals surface area contributed by atoms with Crippen LogP contribution in [0, 0.1) is 0 Å². The molecule has 1 aromatic heterocycles. The molecular weight excluding hydrogens is 254 g/mol. The number of anilines is 1. The van der Waals surface area contributed by atoms with Crippen molar-refractivity contribution in [1.29, 1.82) is 0 Å². The topological polar surface area (TPSA) is 70.2 Å². The van der Waals surface area contributed by atoms with Gasteiger partial charge in [0.25, 0.3) is 5.91 Å². The maximum atomic E-state index is 11.8. The third-order valence-corrected chi connectivity index (χ3v) is 2.77. The molecule has 0 bridgehead atoms. The minimum atomic E-state index is -0.163. The first-order valence-corrected chi connectivity index (χ1v) is 7.14. The van der Waals surface area contributed by atoms with Gasteiger partial charge in [-0.1, -0.05) is 6.92 Å². The highest BCUT2D eigenvalue weighted by molar-refractivity contribution is 5.92. The predicted octanol–water partition coefficient (Wildman–Crippen LogP) is 1.37. The van der Waals surface area contributed by atoms with Gasteiger partial charge in [0, 0.05) is 13.1 Å². The SMILES string of the molecule is CCCNc1ccc(C(=O)NCCCCN(C)C)nn1. The maximum Gasteiger partial charge on any atom is 0.271 e. The van der Waals surface area contributed by atoms with Gasteiger partial charge in [0.15, 0.2) is 5.69 Å². The molecule has 0 aliphatic heterocycles. The van der Waals surface area contributed by atoms with E-state index in [1.165, 1.54) is 0 Å². The van der Waals surface area contributed by atoms with Crippen molar-refractivity contribution in [2.45, 2.75) is 26.2 Å². The third-order valence-electron chi connectivity index (χ3n) is 2.77. The Morgan fingerprint density at radius 2 is 2.00 bits per heavy atom. The van der Waals surface area contributed by atoms with Gasteiger partial charge in [-0.15, -0.1) is 10.2 Å². The van der Waals surface area contributed by atoms with Gasteiger partial charge in [0.1, 0.15) is 5.82 Å². The lowest BCUT2D eigenvalue weighted by atomic mass is 10.3. The van der Waals surface area contributed by atoms with E-state index in [9.17, 15) is 4.79 Å². The van der Waals surface area contributed by atoms with Crippen molar-refractivity contribution in [3.05, 3.63) is 17.8 Å². The van der Waals surface area contributed by atoms with Crippen LogP contribution in [0.1, 0.15) is 36.7 Å². The van der Waals surface area contributed by atoms with Gasteiger partial charge >= 0.3 is 0 Å². The molecule has 0 atom stereocenters. The highest BCUT2D eigenvalue weighted by Crippen LogP contribution is 2.02. The van der Waals surface area contributed by atoms with Crippen LogP contribution >= 0.6 is 0 Å². The first-order chi connectivity index (χ1) is 9.63. The first-order valence-electron chi connectivity index (χ1n) is 7.14. The normalized spacial score (nSPS) is 10.6. The summed E-state index contributed by atoms with van der Waals surface area (Å²) in [5.41, 5.74) is 0.361. The number of aromatic nitrogens is 2. The Hall–Kier alpha value is -1.69. The minimum absolute atomic E-state index is 0.163. The zero-order chi connectivity index (χ0) is 14.8. The Kier molecular flexibility index (Phi) is 7.57. The molecule has 0 aliphatic carbocycles. The van der Waals surface area contributed by atoms with E-state index in [0.717, 1.165) is 32.4 Å². The van der Waals surface area contributed by atoms with Crippen LogP contribution in [0.15, 0.2) is 12.1 Å². The molecule has 0 radical (unpaired) electrons. The Bertz CT molecular complexity index is 391. The Labute approximate surface area is 121 Å². The smallest absolute Gasteiger partial charge is 0.271 e. The maximum absolute atomic E-state index is 11.8. The standard InChI is InChI=1S/C14H25N5O/c1-4-9-15-13-8-7-12(17-18-13)14(20)16-10-5-6-11-19(2)3/h7-8H,4-6,9-11H2,1-3H3,(H,15,18)(H,16,20). The molecule has 2 N–H and O–H groups in total. The molecule has 0 aliphatic rings. The molecule has 1 amide bonds. The third kappa shape index (κ3) is 6.47. The quantitative estimate of drug-likeness (QED) is 0.668. The van der Waals surface area contributed by atoms with Crippen LogP contribution in [0.3, 0.4) is 0 Å². The van der Waals surface area contributed by atoms with E-state index in [1.807, 2.05) is 14.1 Å². The van der Waals surface area contributed by atoms with Crippen molar-refractivity contribution in [2.24, 2.45) is 0 Å². The molecule has 0 fully saturated rings. The van der Waals surface area contributed by atoms with Gasteiger partial charge < -0.3 is 15.5 Å². The molecule has 1 rings (SSSR count). The fourth-order valence-corrected chi connectivity index (χ4v) is 1.65. The van der Waals surface area contributed by atoms with Gasteiger partial charge in [-0.25, -0.2) is 0 Å². The minimum Gasteiger partial charge on any atom is -0.369 e. The Morgan fingerprint density at radius 3 is 2.60 bits per heavy atom. The lowest BCUT2D eigenvalue weighted by Gasteiger charge is -2.09. The number of unbranched alkanes of at least 4 members (excludes halogenated alkanes) is 1. The molecule has 6 nitrogen and oxygen atoms in total. The zero-order valence-corrected chi connectivity index (χ0v) is 12.6. The average molecular weight is 279 g/mol. The number of carbonyl (C=O) groups excluding carboxylic acids is 1. The molecule has 20 heavy (non-hydrogen) atoms. The van der Waals surface area contributed by atoms with E-state index in [0.29, 0.717) is 18.1 Å². The van der Waals surface area contributed by atoms with Crippen LogP contribution in [-0.4, -0.2) is 54.7 Å². The van der Waals surface area contributed by atoms with Crippen molar-refractivity contribution in [3.63, 3.8) is 0 Å². The molecule has 0 aromatic carbocycles. The van der Waals surface area contributed by atoms with E-state index in [4.69, 9.17) is 0 Å². The zero-order valence-electron chi connectivity index (χ0n) is 12.6. The molecule has 0 spiro atoms.